The smallest absolute Gasteiger partial charge is 0.103 e. The van der Waals surface area contributed by atoms with Gasteiger partial charge in [-0.05, 0) is 41.4 Å². The molecule has 0 aliphatic carbocycles. The second-order valence-corrected chi connectivity index (χ2v) is 5.12. The summed E-state index contributed by atoms with van der Waals surface area (Å²) >= 11 is 3.38. The zero-order valence-electron chi connectivity index (χ0n) is 9.09. The average Bonchev–Trinajstić information content (AvgIpc) is 2.65. The lowest BCUT2D eigenvalue weighted by Crippen LogP contribution is -2.35. The SMILES string of the molecule is CC1(Nc2cccc(Br)c2C#N)CCOC1. The summed E-state index contributed by atoms with van der Waals surface area (Å²) in [5.41, 5.74) is 1.45. The molecule has 0 bridgehead atoms. The molecule has 1 aromatic carbocycles. The Hall–Kier alpha value is -1.05. The first-order chi connectivity index (χ1) is 7.64. The molecule has 1 aliphatic rings. The predicted molar refractivity (Wildman–Crippen MR) is 66.3 cm³/mol. The highest BCUT2D eigenvalue weighted by Gasteiger charge is 2.30. The molecule has 16 heavy (non-hydrogen) atoms. The highest BCUT2D eigenvalue weighted by molar-refractivity contribution is 9.10. The third-order valence-corrected chi connectivity index (χ3v) is 3.44. The van der Waals surface area contributed by atoms with Gasteiger partial charge in [-0.25, -0.2) is 0 Å². The molecule has 1 fully saturated rings. The number of anilines is 1. The average molecular weight is 281 g/mol. The van der Waals surface area contributed by atoms with Crippen LogP contribution in [0.1, 0.15) is 18.9 Å². The molecule has 84 valence electrons. The van der Waals surface area contributed by atoms with Gasteiger partial charge in [0, 0.05) is 11.1 Å². The van der Waals surface area contributed by atoms with Crippen molar-refractivity contribution in [3.05, 3.63) is 28.2 Å². The molecule has 2 rings (SSSR count). The van der Waals surface area contributed by atoms with Crippen molar-refractivity contribution in [3.8, 4) is 6.07 Å². The Kier molecular flexibility index (Phi) is 3.17. The summed E-state index contributed by atoms with van der Waals surface area (Å²) in [6.07, 6.45) is 0.963. The van der Waals surface area contributed by atoms with E-state index in [2.05, 4.69) is 34.2 Å². The minimum absolute atomic E-state index is 0.0631. The largest absolute Gasteiger partial charge is 0.379 e. The summed E-state index contributed by atoms with van der Waals surface area (Å²) in [5, 5.41) is 12.5. The quantitative estimate of drug-likeness (QED) is 0.906. The number of nitriles is 1. The van der Waals surface area contributed by atoms with E-state index in [0.717, 1.165) is 23.2 Å². The topological polar surface area (TPSA) is 45.0 Å². The summed E-state index contributed by atoms with van der Waals surface area (Å²) < 4.78 is 6.20. The standard InChI is InChI=1S/C12H13BrN2O/c1-12(5-6-16-8-12)15-11-4-2-3-10(13)9(11)7-14/h2-4,15H,5-6,8H2,1H3. The van der Waals surface area contributed by atoms with E-state index in [1.54, 1.807) is 0 Å². The third-order valence-electron chi connectivity index (χ3n) is 2.78. The van der Waals surface area contributed by atoms with Gasteiger partial charge in [-0.1, -0.05) is 6.07 Å². The van der Waals surface area contributed by atoms with Crippen molar-refractivity contribution < 1.29 is 4.74 Å². The van der Waals surface area contributed by atoms with Gasteiger partial charge in [0.05, 0.1) is 23.4 Å². The predicted octanol–water partition coefficient (Wildman–Crippen LogP) is 2.91. The van der Waals surface area contributed by atoms with Gasteiger partial charge < -0.3 is 10.1 Å². The van der Waals surface area contributed by atoms with Crippen molar-refractivity contribution in [2.45, 2.75) is 18.9 Å². The minimum atomic E-state index is -0.0631. The number of hydrogen-bond acceptors (Lipinski definition) is 3. The summed E-state index contributed by atoms with van der Waals surface area (Å²) in [6, 6.07) is 7.92. The Morgan fingerprint density at radius 2 is 2.38 bits per heavy atom. The molecule has 1 aliphatic heterocycles. The van der Waals surface area contributed by atoms with Gasteiger partial charge in [0.1, 0.15) is 6.07 Å². The number of nitrogens with zero attached hydrogens (tertiary/aromatic N) is 1. The Morgan fingerprint density at radius 3 is 3.00 bits per heavy atom. The summed E-state index contributed by atoms with van der Waals surface area (Å²) in [4.78, 5) is 0. The van der Waals surface area contributed by atoms with Crippen molar-refractivity contribution in [3.63, 3.8) is 0 Å². The Morgan fingerprint density at radius 1 is 1.56 bits per heavy atom. The van der Waals surface area contributed by atoms with Crippen LogP contribution >= 0.6 is 15.9 Å². The van der Waals surface area contributed by atoms with Gasteiger partial charge >= 0.3 is 0 Å². The van der Waals surface area contributed by atoms with Gasteiger partial charge in [0.2, 0.25) is 0 Å². The van der Waals surface area contributed by atoms with Crippen LogP contribution in [0, 0.1) is 11.3 Å². The zero-order valence-corrected chi connectivity index (χ0v) is 10.7. The molecule has 1 saturated heterocycles. The third kappa shape index (κ3) is 2.21. The highest BCUT2D eigenvalue weighted by atomic mass is 79.9. The van der Waals surface area contributed by atoms with Gasteiger partial charge in [0.15, 0.2) is 0 Å². The molecule has 1 heterocycles. The van der Waals surface area contributed by atoms with Crippen LogP contribution in [-0.2, 0) is 4.74 Å². The molecular formula is C12H13BrN2O. The van der Waals surface area contributed by atoms with Crippen LogP contribution in [-0.4, -0.2) is 18.8 Å². The van der Waals surface area contributed by atoms with Crippen molar-refractivity contribution in [2.24, 2.45) is 0 Å². The molecule has 3 nitrogen and oxygen atoms in total. The van der Waals surface area contributed by atoms with E-state index < -0.39 is 0 Å². The maximum atomic E-state index is 9.11. The zero-order chi connectivity index (χ0) is 11.6. The molecular weight excluding hydrogens is 268 g/mol. The number of ether oxygens (including phenoxy) is 1. The number of nitrogens with one attached hydrogen (secondary N) is 1. The fourth-order valence-corrected chi connectivity index (χ4v) is 2.29. The van der Waals surface area contributed by atoms with Crippen molar-refractivity contribution >= 4 is 21.6 Å². The van der Waals surface area contributed by atoms with Crippen LogP contribution in [0.2, 0.25) is 0 Å². The summed E-state index contributed by atoms with van der Waals surface area (Å²) in [5.74, 6) is 0. The first-order valence-electron chi connectivity index (χ1n) is 5.19. The molecule has 0 radical (unpaired) electrons. The van der Waals surface area contributed by atoms with Crippen LogP contribution in [0.25, 0.3) is 0 Å². The van der Waals surface area contributed by atoms with Crippen LogP contribution in [0.4, 0.5) is 5.69 Å². The normalized spacial score (nSPS) is 24.1. The second kappa shape index (κ2) is 4.44. The van der Waals surface area contributed by atoms with E-state index in [-0.39, 0.29) is 5.54 Å². The highest BCUT2D eigenvalue weighted by Crippen LogP contribution is 2.29. The lowest BCUT2D eigenvalue weighted by atomic mass is 10.0. The van der Waals surface area contributed by atoms with Gasteiger partial charge in [-0.3, -0.25) is 0 Å². The van der Waals surface area contributed by atoms with Gasteiger partial charge in [-0.15, -0.1) is 0 Å². The fraction of sp³-hybridized carbons (Fsp3) is 0.417. The first-order valence-corrected chi connectivity index (χ1v) is 5.98. The minimum Gasteiger partial charge on any atom is -0.379 e. The first kappa shape index (κ1) is 11.4. The maximum Gasteiger partial charge on any atom is 0.103 e. The Bertz CT molecular complexity index is 433. The van der Waals surface area contributed by atoms with Gasteiger partial charge in [-0.2, -0.15) is 5.26 Å². The number of benzene rings is 1. The molecule has 1 unspecified atom stereocenters. The number of rotatable bonds is 2. The van der Waals surface area contributed by atoms with Crippen molar-refractivity contribution in [1.82, 2.24) is 0 Å². The summed E-state index contributed by atoms with van der Waals surface area (Å²) in [7, 11) is 0. The summed E-state index contributed by atoms with van der Waals surface area (Å²) in [6.45, 7) is 3.58. The molecule has 1 N–H and O–H groups in total. The van der Waals surface area contributed by atoms with Crippen LogP contribution in [0.15, 0.2) is 22.7 Å². The molecule has 4 heteroatoms. The molecule has 0 spiro atoms. The fourth-order valence-electron chi connectivity index (χ4n) is 1.83. The van der Waals surface area contributed by atoms with E-state index in [1.807, 2.05) is 18.2 Å². The van der Waals surface area contributed by atoms with E-state index in [9.17, 15) is 0 Å². The molecule has 0 amide bonds. The molecule has 1 atom stereocenters. The van der Waals surface area contributed by atoms with Crippen molar-refractivity contribution in [1.29, 1.82) is 5.26 Å². The number of halogens is 1. The van der Waals surface area contributed by atoms with E-state index in [0.29, 0.717) is 12.2 Å². The monoisotopic (exact) mass is 280 g/mol. The molecule has 0 saturated carbocycles. The van der Waals surface area contributed by atoms with Crippen LogP contribution < -0.4 is 5.32 Å². The second-order valence-electron chi connectivity index (χ2n) is 4.26. The lowest BCUT2D eigenvalue weighted by Gasteiger charge is -2.25. The van der Waals surface area contributed by atoms with Crippen molar-refractivity contribution in [2.75, 3.05) is 18.5 Å². The Labute approximate surface area is 104 Å². The van der Waals surface area contributed by atoms with E-state index in [1.165, 1.54) is 0 Å². The van der Waals surface area contributed by atoms with E-state index >= 15 is 0 Å². The van der Waals surface area contributed by atoms with Crippen LogP contribution in [0.3, 0.4) is 0 Å². The van der Waals surface area contributed by atoms with E-state index in [4.69, 9.17) is 10.00 Å². The Balaban J connectivity index is 2.28. The molecule has 1 aromatic rings. The lowest BCUT2D eigenvalue weighted by molar-refractivity contribution is 0.185. The van der Waals surface area contributed by atoms with Crippen LogP contribution in [0.5, 0.6) is 0 Å². The molecule has 0 aromatic heterocycles. The maximum absolute atomic E-state index is 9.11. The number of hydrogen-bond donors (Lipinski definition) is 1. The van der Waals surface area contributed by atoms with Gasteiger partial charge in [0.25, 0.3) is 0 Å².